The third-order valence-electron chi connectivity index (χ3n) is 2.78. The Labute approximate surface area is 100.0 Å². The third-order valence-corrected chi connectivity index (χ3v) is 2.78. The highest BCUT2D eigenvalue weighted by Gasteiger charge is 2.23. The highest BCUT2D eigenvalue weighted by atomic mass is 16.5. The van der Waals surface area contributed by atoms with E-state index in [0.717, 1.165) is 12.8 Å². The summed E-state index contributed by atoms with van der Waals surface area (Å²) in [5.74, 6) is -0.0972. The maximum absolute atomic E-state index is 11.7. The Hall–Kier alpha value is -1.68. The van der Waals surface area contributed by atoms with Crippen molar-refractivity contribution in [2.45, 2.75) is 25.9 Å². The average Bonchev–Trinajstić information content (AvgIpc) is 2.83. The molecule has 0 aromatic heterocycles. The van der Waals surface area contributed by atoms with E-state index < -0.39 is 0 Å². The SMILES string of the molecule is CC(=O)c1ccc(NC(=O)[C@@H]2CCCO2)cc1. The Morgan fingerprint density at radius 1 is 1.29 bits per heavy atom. The number of carbonyl (C=O) groups excluding carboxylic acids is 2. The van der Waals surface area contributed by atoms with E-state index in [-0.39, 0.29) is 17.8 Å². The number of Topliss-reactive ketones (excluding diaryl/α,β-unsaturated/α-hetero) is 1. The minimum absolute atomic E-state index is 0.0157. The molecule has 1 N–H and O–H groups in total. The van der Waals surface area contributed by atoms with Crippen LogP contribution in [0.25, 0.3) is 0 Å². The molecule has 1 saturated heterocycles. The van der Waals surface area contributed by atoms with Gasteiger partial charge in [-0.1, -0.05) is 0 Å². The zero-order chi connectivity index (χ0) is 12.3. The van der Waals surface area contributed by atoms with Gasteiger partial charge >= 0.3 is 0 Å². The lowest BCUT2D eigenvalue weighted by atomic mass is 10.1. The van der Waals surface area contributed by atoms with Gasteiger partial charge in [0, 0.05) is 17.9 Å². The molecule has 0 radical (unpaired) electrons. The number of anilines is 1. The van der Waals surface area contributed by atoms with Crippen LogP contribution in [-0.4, -0.2) is 24.4 Å². The standard InChI is InChI=1S/C13H15NO3/c1-9(15)10-4-6-11(7-5-10)14-13(16)12-3-2-8-17-12/h4-7,12H,2-3,8H2,1H3,(H,14,16)/t12-/m0/s1. The van der Waals surface area contributed by atoms with E-state index in [4.69, 9.17) is 4.74 Å². The third kappa shape index (κ3) is 2.91. The molecule has 1 atom stereocenters. The Balaban J connectivity index is 1.98. The van der Waals surface area contributed by atoms with Gasteiger partial charge in [-0.15, -0.1) is 0 Å². The van der Waals surface area contributed by atoms with Gasteiger partial charge in [0.15, 0.2) is 5.78 Å². The van der Waals surface area contributed by atoms with Crippen molar-refractivity contribution in [1.82, 2.24) is 0 Å². The lowest BCUT2D eigenvalue weighted by molar-refractivity contribution is -0.124. The molecule has 17 heavy (non-hydrogen) atoms. The normalized spacial score (nSPS) is 19.0. The summed E-state index contributed by atoms with van der Waals surface area (Å²) in [7, 11) is 0. The summed E-state index contributed by atoms with van der Waals surface area (Å²) in [4.78, 5) is 22.8. The van der Waals surface area contributed by atoms with Gasteiger partial charge in [-0.3, -0.25) is 9.59 Å². The number of nitrogens with one attached hydrogen (secondary N) is 1. The molecule has 0 saturated carbocycles. The molecule has 1 aliphatic heterocycles. The first-order valence-corrected chi connectivity index (χ1v) is 5.70. The van der Waals surface area contributed by atoms with Crippen LogP contribution in [0.4, 0.5) is 5.69 Å². The van der Waals surface area contributed by atoms with Crippen LogP contribution < -0.4 is 5.32 Å². The van der Waals surface area contributed by atoms with E-state index in [2.05, 4.69) is 5.32 Å². The molecule has 0 unspecified atom stereocenters. The number of hydrogen-bond acceptors (Lipinski definition) is 3. The zero-order valence-corrected chi connectivity index (χ0v) is 9.73. The van der Waals surface area contributed by atoms with Crippen molar-refractivity contribution in [3.8, 4) is 0 Å². The smallest absolute Gasteiger partial charge is 0.253 e. The number of hydrogen-bond donors (Lipinski definition) is 1. The van der Waals surface area contributed by atoms with Crippen LogP contribution in [0, 0.1) is 0 Å². The molecule has 4 heteroatoms. The number of ether oxygens (including phenoxy) is 1. The van der Waals surface area contributed by atoms with Gasteiger partial charge < -0.3 is 10.1 Å². The van der Waals surface area contributed by atoms with Crippen LogP contribution in [0.3, 0.4) is 0 Å². The van der Waals surface area contributed by atoms with E-state index in [9.17, 15) is 9.59 Å². The van der Waals surface area contributed by atoms with Gasteiger partial charge in [0.1, 0.15) is 6.10 Å². The second-order valence-electron chi connectivity index (χ2n) is 4.12. The van der Waals surface area contributed by atoms with Gasteiger partial charge in [-0.25, -0.2) is 0 Å². The summed E-state index contributed by atoms with van der Waals surface area (Å²) in [6.07, 6.45) is 1.38. The molecule has 1 heterocycles. The minimum Gasteiger partial charge on any atom is -0.368 e. The van der Waals surface area contributed by atoms with E-state index in [1.165, 1.54) is 6.92 Å². The van der Waals surface area contributed by atoms with E-state index in [1.54, 1.807) is 24.3 Å². The first kappa shape index (κ1) is 11.8. The number of ketones is 1. The van der Waals surface area contributed by atoms with E-state index >= 15 is 0 Å². The lowest BCUT2D eigenvalue weighted by Crippen LogP contribution is -2.26. The van der Waals surface area contributed by atoms with Crippen molar-refractivity contribution < 1.29 is 14.3 Å². The molecule has 2 rings (SSSR count). The first-order chi connectivity index (χ1) is 8.16. The minimum atomic E-state index is -0.331. The van der Waals surface area contributed by atoms with E-state index in [0.29, 0.717) is 17.9 Å². The fourth-order valence-electron chi connectivity index (χ4n) is 1.80. The summed E-state index contributed by atoms with van der Waals surface area (Å²) < 4.78 is 5.28. The van der Waals surface area contributed by atoms with Crippen LogP contribution in [0.2, 0.25) is 0 Å². The Morgan fingerprint density at radius 2 is 2.00 bits per heavy atom. The van der Waals surface area contributed by atoms with Crippen molar-refractivity contribution >= 4 is 17.4 Å². The Kier molecular flexibility index (Phi) is 3.54. The molecule has 4 nitrogen and oxygen atoms in total. The first-order valence-electron chi connectivity index (χ1n) is 5.70. The van der Waals surface area contributed by atoms with Crippen molar-refractivity contribution in [2.24, 2.45) is 0 Å². The molecule has 1 aliphatic rings. The molecule has 0 bridgehead atoms. The molecule has 0 aliphatic carbocycles. The van der Waals surface area contributed by atoms with Crippen molar-refractivity contribution in [3.63, 3.8) is 0 Å². The molecule has 1 fully saturated rings. The maximum atomic E-state index is 11.7. The summed E-state index contributed by atoms with van der Waals surface area (Å²) in [6, 6.07) is 6.86. The van der Waals surface area contributed by atoms with Crippen LogP contribution in [-0.2, 0) is 9.53 Å². The number of rotatable bonds is 3. The summed E-state index contributed by atoms with van der Waals surface area (Å²) in [5.41, 5.74) is 1.33. The van der Waals surface area contributed by atoms with E-state index in [1.807, 2.05) is 0 Å². The Morgan fingerprint density at radius 3 is 2.53 bits per heavy atom. The van der Waals surface area contributed by atoms with Crippen LogP contribution >= 0.6 is 0 Å². The molecule has 1 aromatic carbocycles. The average molecular weight is 233 g/mol. The van der Waals surface area contributed by atoms with Gasteiger partial charge in [0.05, 0.1) is 0 Å². The van der Waals surface area contributed by atoms with Crippen molar-refractivity contribution in [1.29, 1.82) is 0 Å². The predicted octanol–water partition coefficient (Wildman–Crippen LogP) is 2.01. The molecule has 1 amide bonds. The lowest BCUT2D eigenvalue weighted by Gasteiger charge is -2.10. The predicted molar refractivity (Wildman–Crippen MR) is 64.1 cm³/mol. The highest BCUT2D eigenvalue weighted by Crippen LogP contribution is 2.15. The molecular formula is C13H15NO3. The molecular weight excluding hydrogens is 218 g/mol. The second kappa shape index (κ2) is 5.10. The van der Waals surface area contributed by atoms with Gasteiger partial charge in [-0.05, 0) is 44.0 Å². The second-order valence-corrected chi connectivity index (χ2v) is 4.12. The van der Waals surface area contributed by atoms with Gasteiger partial charge in [0.2, 0.25) is 0 Å². The van der Waals surface area contributed by atoms with Crippen LogP contribution in [0.15, 0.2) is 24.3 Å². The maximum Gasteiger partial charge on any atom is 0.253 e. The topological polar surface area (TPSA) is 55.4 Å². The summed E-state index contributed by atoms with van der Waals surface area (Å²) in [5, 5.41) is 2.77. The summed E-state index contributed by atoms with van der Waals surface area (Å²) in [6.45, 7) is 2.17. The zero-order valence-electron chi connectivity index (χ0n) is 9.73. The number of benzene rings is 1. The van der Waals surface area contributed by atoms with Crippen LogP contribution in [0.5, 0.6) is 0 Å². The Bertz CT molecular complexity index is 419. The highest BCUT2D eigenvalue weighted by molar-refractivity contribution is 5.96. The van der Waals surface area contributed by atoms with Gasteiger partial charge in [-0.2, -0.15) is 0 Å². The largest absolute Gasteiger partial charge is 0.368 e. The number of carbonyl (C=O) groups is 2. The number of amides is 1. The quantitative estimate of drug-likeness (QED) is 0.812. The van der Waals surface area contributed by atoms with Crippen molar-refractivity contribution in [3.05, 3.63) is 29.8 Å². The van der Waals surface area contributed by atoms with Crippen LogP contribution in [0.1, 0.15) is 30.1 Å². The van der Waals surface area contributed by atoms with Gasteiger partial charge in [0.25, 0.3) is 5.91 Å². The monoisotopic (exact) mass is 233 g/mol. The fourth-order valence-corrected chi connectivity index (χ4v) is 1.80. The molecule has 1 aromatic rings. The van der Waals surface area contributed by atoms with Crippen molar-refractivity contribution in [2.75, 3.05) is 11.9 Å². The molecule has 0 spiro atoms. The molecule has 90 valence electrons. The fraction of sp³-hybridized carbons (Fsp3) is 0.385. The summed E-state index contributed by atoms with van der Waals surface area (Å²) >= 11 is 0.